The van der Waals surface area contributed by atoms with Crippen LogP contribution in [0.3, 0.4) is 0 Å². The summed E-state index contributed by atoms with van der Waals surface area (Å²) >= 11 is 0. The van der Waals surface area contributed by atoms with Crippen LogP contribution in [0.1, 0.15) is 40.1 Å². The standard InChI is InChI=1S/C30H29N3O3/c1-19-15-24(20(2)31-27-12-8-7-11-23(27)30(35)36)25-17-28(32(3)29(34)26(25)16-19)21-13-14-33(18-21)22-9-5-4-6-10-22/h4-13,15-17,20,31H,14,18H2,1-3H3,(H,35,36). The number of hydrogen-bond acceptors (Lipinski definition) is 4. The molecule has 0 spiro atoms. The lowest BCUT2D eigenvalue weighted by Crippen LogP contribution is -2.24. The summed E-state index contributed by atoms with van der Waals surface area (Å²) in [5.41, 5.74) is 5.84. The number of nitrogens with one attached hydrogen (secondary N) is 1. The van der Waals surface area contributed by atoms with Crippen LogP contribution in [0.5, 0.6) is 0 Å². The van der Waals surface area contributed by atoms with Crippen LogP contribution in [-0.4, -0.2) is 28.7 Å². The van der Waals surface area contributed by atoms with Crippen LogP contribution < -0.4 is 15.8 Å². The first-order valence-corrected chi connectivity index (χ1v) is 12.1. The van der Waals surface area contributed by atoms with E-state index < -0.39 is 5.97 Å². The van der Waals surface area contributed by atoms with Crippen LogP contribution in [-0.2, 0) is 7.05 Å². The summed E-state index contributed by atoms with van der Waals surface area (Å²) in [6.07, 6.45) is 2.19. The number of pyridine rings is 1. The van der Waals surface area contributed by atoms with E-state index in [4.69, 9.17) is 0 Å². The Kier molecular flexibility index (Phi) is 6.10. The lowest BCUT2D eigenvalue weighted by molar-refractivity contribution is 0.0698. The molecule has 1 aliphatic rings. The second kappa shape index (κ2) is 9.38. The Balaban J connectivity index is 1.56. The van der Waals surface area contributed by atoms with Crippen LogP contribution in [0.4, 0.5) is 11.4 Å². The minimum Gasteiger partial charge on any atom is -0.478 e. The maximum atomic E-state index is 13.5. The molecule has 5 rings (SSSR count). The Hall–Kier alpha value is -4.32. The highest BCUT2D eigenvalue weighted by Gasteiger charge is 2.21. The summed E-state index contributed by atoms with van der Waals surface area (Å²) < 4.78 is 1.74. The predicted octanol–water partition coefficient (Wildman–Crippen LogP) is 5.62. The van der Waals surface area contributed by atoms with E-state index in [2.05, 4.69) is 40.6 Å². The molecule has 0 fully saturated rings. The zero-order valence-electron chi connectivity index (χ0n) is 20.7. The first kappa shape index (κ1) is 23.4. The number of fused-ring (bicyclic) bond motifs is 1. The second-order valence-electron chi connectivity index (χ2n) is 9.37. The number of benzene rings is 3. The van der Waals surface area contributed by atoms with Crippen molar-refractivity contribution in [2.45, 2.75) is 19.9 Å². The van der Waals surface area contributed by atoms with Crippen molar-refractivity contribution >= 4 is 33.7 Å². The molecule has 0 saturated heterocycles. The topological polar surface area (TPSA) is 74.6 Å². The Bertz CT molecular complexity index is 1550. The highest BCUT2D eigenvalue weighted by Crippen LogP contribution is 2.32. The van der Waals surface area contributed by atoms with E-state index in [-0.39, 0.29) is 17.2 Å². The van der Waals surface area contributed by atoms with Crippen LogP contribution in [0.2, 0.25) is 0 Å². The van der Waals surface area contributed by atoms with Crippen molar-refractivity contribution in [2.24, 2.45) is 7.05 Å². The normalized spacial score (nSPS) is 14.1. The van der Waals surface area contributed by atoms with Crippen molar-refractivity contribution in [3.63, 3.8) is 0 Å². The lowest BCUT2D eigenvalue weighted by atomic mass is 9.95. The average Bonchev–Trinajstić information content (AvgIpc) is 3.37. The molecule has 0 amide bonds. The van der Waals surface area contributed by atoms with Gasteiger partial charge in [-0.05, 0) is 72.3 Å². The average molecular weight is 480 g/mol. The van der Waals surface area contributed by atoms with Crippen molar-refractivity contribution in [3.8, 4) is 0 Å². The van der Waals surface area contributed by atoms with Crippen molar-refractivity contribution in [1.29, 1.82) is 0 Å². The fourth-order valence-corrected chi connectivity index (χ4v) is 5.04. The molecule has 0 saturated carbocycles. The van der Waals surface area contributed by atoms with Gasteiger partial charge in [-0.15, -0.1) is 0 Å². The molecule has 36 heavy (non-hydrogen) atoms. The van der Waals surface area contributed by atoms with Gasteiger partial charge in [0.25, 0.3) is 5.56 Å². The first-order valence-electron chi connectivity index (χ1n) is 12.1. The van der Waals surface area contributed by atoms with E-state index in [9.17, 15) is 14.7 Å². The summed E-state index contributed by atoms with van der Waals surface area (Å²) in [7, 11) is 1.83. The van der Waals surface area contributed by atoms with Crippen LogP contribution in [0.25, 0.3) is 16.3 Å². The minimum atomic E-state index is -0.980. The first-order chi connectivity index (χ1) is 17.3. The monoisotopic (exact) mass is 479 g/mol. The number of nitrogens with zero attached hydrogens (tertiary/aromatic N) is 2. The zero-order chi connectivity index (χ0) is 25.4. The van der Waals surface area contributed by atoms with Gasteiger partial charge in [0.1, 0.15) is 0 Å². The third-order valence-corrected chi connectivity index (χ3v) is 6.90. The van der Waals surface area contributed by atoms with Gasteiger partial charge in [-0.2, -0.15) is 0 Å². The van der Waals surface area contributed by atoms with Crippen molar-refractivity contribution in [1.82, 2.24) is 4.57 Å². The largest absolute Gasteiger partial charge is 0.478 e. The van der Waals surface area contributed by atoms with E-state index in [1.807, 2.05) is 51.2 Å². The van der Waals surface area contributed by atoms with Crippen molar-refractivity contribution in [2.75, 3.05) is 23.3 Å². The summed E-state index contributed by atoms with van der Waals surface area (Å²) in [6.45, 7) is 5.49. The van der Waals surface area contributed by atoms with E-state index in [0.717, 1.165) is 46.6 Å². The quantitative estimate of drug-likeness (QED) is 0.375. The predicted molar refractivity (Wildman–Crippen MR) is 146 cm³/mol. The number of aromatic carboxylic acids is 1. The summed E-state index contributed by atoms with van der Waals surface area (Å²) in [6, 6.07) is 23.0. The molecule has 0 bridgehead atoms. The summed E-state index contributed by atoms with van der Waals surface area (Å²) in [5.74, 6) is -0.980. The maximum Gasteiger partial charge on any atom is 0.337 e. The highest BCUT2D eigenvalue weighted by molar-refractivity contribution is 5.94. The third-order valence-electron chi connectivity index (χ3n) is 6.90. The number of carboxylic acids is 1. The molecular weight excluding hydrogens is 450 g/mol. The number of anilines is 2. The smallest absolute Gasteiger partial charge is 0.337 e. The van der Waals surface area contributed by atoms with Crippen LogP contribution >= 0.6 is 0 Å². The van der Waals surface area contributed by atoms with Gasteiger partial charge in [-0.1, -0.05) is 42.5 Å². The highest BCUT2D eigenvalue weighted by atomic mass is 16.4. The number of hydrogen-bond donors (Lipinski definition) is 2. The lowest BCUT2D eigenvalue weighted by Gasteiger charge is -2.22. The molecule has 2 N–H and O–H groups in total. The number of aryl methyl sites for hydroxylation is 1. The Morgan fingerprint density at radius 2 is 1.72 bits per heavy atom. The van der Waals surface area contributed by atoms with Gasteiger partial charge >= 0.3 is 5.97 Å². The molecule has 2 heterocycles. The summed E-state index contributed by atoms with van der Waals surface area (Å²) in [5, 5.41) is 14.5. The third kappa shape index (κ3) is 4.26. The molecule has 1 aliphatic heterocycles. The number of aromatic nitrogens is 1. The van der Waals surface area contributed by atoms with E-state index >= 15 is 0 Å². The zero-order valence-corrected chi connectivity index (χ0v) is 20.7. The number of rotatable bonds is 6. The van der Waals surface area contributed by atoms with E-state index in [1.54, 1.807) is 22.8 Å². The van der Waals surface area contributed by atoms with Gasteiger partial charge < -0.3 is 19.9 Å². The number of carbonyl (C=O) groups is 1. The van der Waals surface area contributed by atoms with Gasteiger partial charge in [0.05, 0.1) is 5.56 Å². The molecule has 0 radical (unpaired) electrons. The van der Waals surface area contributed by atoms with Gasteiger partial charge in [0.2, 0.25) is 0 Å². The van der Waals surface area contributed by atoms with E-state index in [0.29, 0.717) is 11.1 Å². The molecule has 1 unspecified atom stereocenters. The number of para-hydroxylation sites is 2. The molecule has 3 aromatic carbocycles. The second-order valence-corrected chi connectivity index (χ2v) is 9.37. The fraction of sp³-hybridized carbons (Fsp3) is 0.200. The van der Waals surface area contributed by atoms with Crippen molar-refractivity contribution < 1.29 is 9.90 Å². The number of carboxylic acid groups (broad SMARTS) is 1. The molecule has 1 aromatic heterocycles. The molecule has 182 valence electrons. The maximum absolute atomic E-state index is 13.5. The molecule has 0 aliphatic carbocycles. The van der Waals surface area contributed by atoms with Gasteiger partial charge in [-0.25, -0.2) is 4.79 Å². The Morgan fingerprint density at radius 3 is 2.47 bits per heavy atom. The minimum absolute atomic E-state index is 0.0374. The van der Waals surface area contributed by atoms with Crippen LogP contribution in [0, 0.1) is 6.92 Å². The summed E-state index contributed by atoms with van der Waals surface area (Å²) in [4.78, 5) is 27.5. The Morgan fingerprint density at radius 1 is 1.00 bits per heavy atom. The molecule has 6 heteroatoms. The molecular formula is C30H29N3O3. The van der Waals surface area contributed by atoms with Gasteiger partial charge in [0.15, 0.2) is 0 Å². The fourth-order valence-electron chi connectivity index (χ4n) is 5.04. The van der Waals surface area contributed by atoms with Gasteiger partial charge in [-0.3, -0.25) is 4.79 Å². The molecule has 1 atom stereocenters. The SMILES string of the molecule is Cc1cc(C(C)Nc2ccccc2C(=O)O)c2cc(C3=CCN(c4ccccc4)C3)n(C)c(=O)c2c1. The van der Waals surface area contributed by atoms with Crippen LogP contribution in [0.15, 0.2) is 83.7 Å². The van der Waals surface area contributed by atoms with E-state index in [1.165, 1.54) is 0 Å². The van der Waals surface area contributed by atoms with Gasteiger partial charge in [0, 0.05) is 48.6 Å². The molecule has 4 aromatic rings. The molecule has 6 nitrogen and oxygen atoms in total. The Labute approximate surface area is 210 Å². The van der Waals surface area contributed by atoms with Crippen molar-refractivity contribution in [3.05, 3.63) is 112 Å².